The Morgan fingerprint density at radius 3 is 3.00 bits per heavy atom. The summed E-state index contributed by atoms with van der Waals surface area (Å²) in [4.78, 5) is 16.6. The number of hydrogen-bond donors (Lipinski definition) is 2. The minimum atomic E-state index is -0.138. The van der Waals surface area contributed by atoms with Crippen LogP contribution in [-0.4, -0.2) is 24.0 Å². The third kappa shape index (κ3) is 3.85. The summed E-state index contributed by atoms with van der Waals surface area (Å²) in [6, 6.07) is 9.83. The number of ether oxygens (including phenoxy) is 1. The molecule has 0 bridgehead atoms. The number of anilines is 1. The molecule has 1 aliphatic rings. The molecule has 24 heavy (non-hydrogen) atoms. The Kier molecular flexibility index (Phi) is 4.99. The molecule has 0 saturated carbocycles. The number of aromatic nitrogens is 1. The van der Waals surface area contributed by atoms with Crippen LogP contribution in [0.15, 0.2) is 36.5 Å². The fourth-order valence-corrected chi connectivity index (χ4v) is 2.90. The smallest absolute Gasteiger partial charge is 0.224 e. The second-order valence-corrected chi connectivity index (χ2v) is 5.99. The van der Waals surface area contributed by atoms with Gasteiger partial charge in [-0.25, -0.2) is 0 Å². The predicted octanol–water partition coefficient (Wildman–Crippen LogP) is 2.87. The molecule has 0 unspecified atom stereocenters. The predicted molar refractivity (Wildman–Crippen MR) is 94.3 cm³/mol. The van der Waals surface area contributed by atoms with Crippen LogP contribution in [0.2, 0.25) is 0 Å². The van der Waals surface area contributed by atoms with E-state index in [4.69, 9.17) is 4.74 Å². The maximum Gasteiger partial charge on any atom is 0.224 e. The fourth-order valence-electron chi connectivity index (χ4n) is 2.90. The van der Waals surface area contributed by atoms with Gasteiger partial charge in [-0.1, -0.05) is 12.1 Å². The van der Waals surface area contributed by atoms with Gasteiger partial charge in [-0.05, 0) is 49.6 Å². The molecule has 5 nitrogen and oxygen atoms in total. The molecule has 1 amide bonds. The van der Waals surface area contributed by atoms with E-state index in [0.717, 1.165) is 35.7 Å². The van der Waals surface area contributed by atoms with Gasteiger partial charge in [-0.15, -0.1) is 0 Å². The van der Waals surface area contributed by atoms with Crippen LogP contribution in [0.1, 0.15) is 36.7 Å². The highest BCUT2D eigenvalue weighted by Gasteiger charge is 2.14. The largest absolute Gasteiger partial charge is 0.492 e. The standard InChI is InChI=1S/C19H23N3O2/c1-3-24-16-6-7-17(21-12-16)13(2)22-19(23)11-14-4-5-15-8-9-20-18(15)10-14/h4-7,10,12-13,20H,3,8-9,11H2,1-2H3,(H,22,23)/t13-/m1/s1. The molecule has 2 aromatic rings. The highest BCUT2D eigenvalue weighted by Crippen LogP contribution is 2.23. The summed E-state index contributed by atoms with van der Waals surface area (Å²) in [7, 11) is 0. The van der Waals surface area contributed by atoms with Crippen molar-refractivity contribution >= 4 is 11.6 Å². The molecule has 0 saturated heterocycles. The van der Waals surface area contributed by atoms with Crippen LogP contribution in [0.3, 0.4) is 0 Å². The molecule has 1 aromatic carbocycles. The lowest BCUT2D eigenvalue weighted by atomic mass is 10.1. The van der Waals surface area contributed by atoms with E-state index in [2.05, 4.69) is 27.8 Å². The number of rotatable bonds is 6. The summed E-state index contributed by atoms with van der Waals surface area (Å²) < 4.78 is 5.38. The Morgan fingerprint density at radius 1 is 1.38 bits per heavy atom. The van der Waals surface area contributed by atoms with E-state index >= 15 is 0 Å². The van der Waals surface area contributed by atoms with Crippen LogP contribution >= 0.6 is 0 Å². The van der Waals surface area contributed by atoms with Crippen molar-refractivity contribution in [2.24, 2.45) is 0 Å². The maximum atomic E-state index is 12.3. The van der Waals surface area contributed by atoms with E-state index in [0.29, 0.717) is 13.0 Å². The van der Waals surface area contributed by atoms with Gasteiger partial charge in [0.25, 0.3) is 0 Å². The quantitative estimate of drug-likeness (QED) is 0.857. The molecule has 2 N–H and O–H groups in total. The monoisotopic (exact) mass is 325 g/mol. The van der Waals surface area contributed by atoms with Crippen LogP contribution < -0.4 is 15.4 Å². The Morgan fingerprint density at radius 2 is 2.25 bits per heavy atom. The SMILES string of the molecule is CCOc1ccc([C@@H](C)NC(=O)Cc2ccc3c(c2)NCC3)nc1. The van der Waals surface area contributed by atoms with Crippen molar-refractivity contribution in [3.8, 4) is 5.75 Å². The lowest BCUT2D eigenvalue weighted by Crippen LogP contribution is -2.28. The highest BCUT2D eigenvalue weighted by atomic mass is 16.5. The van der Waals surface area contributed by atoms with E-state index in [-0.39, 0.29) is 11.9 Å². The summed E-state index contributed by atoms with van der Waals surface area (Å²) in [6.07, 6.45) is 3.12. The lowest BCUT2D eigenvalue weighted by molar-refractivity contribution is -0.121. The number of amides is 1. The van der Waals surface area contributed by atoms with Crippen LogP contribution in [0.4, 0.5) is 5.69 Å². The van der Waals surface area contributed by atoms with Crippen molar-refractivity contribution < 1.29 is 9.53 Å². The summed E-state index contributed by atoms with van der Waals surface area (Å²) >= 11 is 0. The maximum absolute atomic E-state index is 12.3. The highest BCUT2D eigenvalue weighted by molar-refractivity contribution is 5.79. The van der Waals surface area contributed by atoms with Gasteiger partial charge in [-0.3, -0.25) is 9.78 Å². The molecule has 0 aliphatic carbocycles. The molecule has 3 rings (SSSR count). The Bertz CT molecular complexity index is 713. The van der Waals surface area contributed by atoms with E-state index in [1.54, 1.807) is 6.20 Å². The van der Waals surface area contributed by atoms with Gasteiger partial charge in [0.2, 0.25) is 5.91 Å². The van der Waals surface area contributed by atoms with Crippen molar-refractivity contribution in [3.63, 3.8) is 0 Å². The molecule has 5 heteroatoms. The van der Waals surface area contributed by atoms with Crippen molar-refractivity contribution in [1.29, 1.82) is 0 Å². The number of fused-ring (bicyclic) bond motifs is 1. The molecule has 0 fully saturated rings. The zero-order chi connectivity index (χ0) is 16.9. The van der Waals surface area contributed by atoms with Crippen molar-refractivity contribution in [1.82, 2.24) is 10.3 Å². The molecular weight excluding hydrogens is 302 g/mol. The van der Waals surface area contributed by atoms with Crippen LogP contribution in [0.25, 0.3) is 0 Å². The number of nitrogens with one attached hydrogen (secondary N) is 2. The molecule has 1 atom stereocenters. The Balaban J connectivity index is 1.57. The number of pyridine rings is 1. The number of hydrogen-bond acceptors (Lipinski definition) is 4. The van der Waals surface area contributed by atoms with Crippen LogP contribution in [0, 0.1) is 0 Å². The second kappa shape index (κ2) is 7.34. The third-order valence-corrected chi connectivity index (χ3v) is 4.14. The van der Waals surface area contributed by atoms with E-state index < -0.39 is 0 Å². The summed E-state index contributed by atoms with van der Waals surface area (Å²) in [5.74, 6) is 0.738. The number of carbonyl (C=O) groups excluding carboxylic acids is 1. The summed E-state index contributed by atoms with van der Waals surface area (Å²) in [5.41, 5.74) is 4.32. The molecule has 1 aromatic heterocycles. The van der Waals surface area contributed by atoms with Gasteiger partial charge in [-0.2, -0.15) is 0 Å². The van der Waals surface area contributed by atoms with Crippen molar-refractivity contribution in [3.05, 3.63) is 53.3 Å². The van der Waals surface area contributed by atoms with Crippen LogP contribution in [0.5, 0.6) is 5.75 Å². The lowest BCUT2D eigenvalue weighted by Gasteiger charge is -2.14. The summed E-state index contributed by atoms with van der Waals surface area (Å²) in [6.45, 7) is 5.46. The summed E-state index contributed by atoms with van der Waals surface area (Å²) in [5, 5.41) is 6.34. The third-order valence-electron chi connectivity index (χ3n) is 4.14. The molecular formula is C19H23N3O2. The zero-order valence-corrected chi connectivity index (χ0v) is 14.1. The van der Waals surface area contributed by atoms with Gasteiger partial charge in [0.15, 0.2) is 0 Å². The van der Waals surface area contributed by atoms with Gasteiger partial charge >= 0.3 is 0 Å². The van der Waals surface area contributed by atoms with Crippen LogP contribution in [-0.2, 0) is 17.6 Å². The number of benzene rings is 1. The first kappa shape index (κ1) is 16.3. The first-order valence-electron chi connectivity index (χ1n) is 8.39. The minimum Gasteiger partial charge on any atom is -0.492 e. The zero-order valence-electron chi connectivity index (χ0n) is 14.1. The van der Waals surface area contributed by atoms with Crippen molar-refractivity contribution in [2.75, 3.05) is 18.5 Å². The van der Waals surface area contributed by atoms with Gasteiger partial charge in [0, 0.05) is 12.2 Å². The minimum absolute atomic E-state index is 0.00358. The Labute approximate surface area is 142 Å². The molecule has 0 radical (unpaired) electrons. The topological polar surface area (TPSA) is 63.2 Å². The van der Waals surface area contributed by atoms with Gasteiger partial charge < -0.3 is 15.4 Å². The molecule has 0 spiro atoms. The van der Waals surface area contributed by atoms with Gasteiger partial charge in [0.1, 0.15) is 5.75 Å². The molecule has 1 aliphatic heterocycles. The first-order chi connectivity index (χ1) is 11.7. The number of carbonyl (C=O) groups is 1. The normalized spacial score (nSPS) is 13.8. The van der Waals surface area contributed by atoms with E-state index in [1.165, 1.54) is 5.56 Å². The van der Waals surface area contributed by atoms with Crippen molar-refractivity contribution in [2.45, 2.75) is 32.7 Å². The average molecular weight is 325 g/mol. The van der Waals surface area contributed by atoms with E-state index in [9.17, 15) is 4.79 Å². The molecule has 2 heterocycles. The van der Waals surface area contributed by atoms with E-state index in [1.807, 2.05) is 32.0 Å². The van der Waals surface area contributed by atoms with Gasteiger partial charge in [0.05, 0.1) is 31.0 Å². The second-order valence-electron chi connectivity index (χ2n) is 5.99. The molecule has 126 valence electrons. The average Bonchev–Trinajstić information content (AvgIpc) is 3.03. The first-order valence-corrected chi connectivity index (χ1v) is 8.39. The Hall–Kier alpha value is -2.56. The fraction of sp³-hybridized carbons (Fsp3) is 0.368. The number of nitrogens with zero attached hydrogens (tertiary/aromatic N) is 1.